The number of carbonyl (C=O) groups excluding carboxylic acids is 2. The fourth-order valence-corrected chi connectivity index (χ4v) is 3.50. The molecule has 0 saturated carbocycles. The summed E-state index contributed by atoms with van der Waals surface area (Å²) in [6.07, 6.45) is 5.89. The zero-order valence-electron chi connectivity index (χ0n) is 21.9. The Balaban J connectivity index is 1.71. The van der Waals surface area contributed by atoms with Crippen LogP contribution in [0.4, 0.5) is 11.4 Å². The lowest BCUT2D eigenvalue weighted by Gasteiger charge is -2.13. The number of allylic oxidation sites excluding steroid dienone is 1. The first-order valence-corrected chi connectivity index (χ1v) is 11.5. The maximum Gasteiger partial charge on any atom is 0.248 e. The number of ketones is 1. The molecule has 3 aromatic carbocycles. The number of benzene rings is 3. The molecule has 9 heteroatoms. The molecule has 0 bridgehead atoms. The van der Waals surface area contributed by atoms with Crippen molar-refractivity contribution in [2.75, 3.05) is 46.2 Å². The second kappa shape index (κ2) is 13.4. The number of nitrogens with one attached hydrogen (secondary N) is 2. The molecule has 38 heavy (non-hydrogen) atoms. The van der Waals surface area contributed by atoms with E-state index >= 15 is 0 Å². The molecule has 0 heterocycles. The minimum Gasteiger partial charge on any atom is -0.497 e. The van der Waals surface area contributed by atoms with Crippen molar-refractivity contribution in [3.63, 3.8) is 0 Å². The lowest BCUT2D eigenvalue weighted by Crippen LogP contribution is -2.08. The van der Waals surface area contributed by atoms with E-state index < -0.39 is 0 Å². The lowest BCUT2D eigenvalue weighted by molar-refractivity contribution is -0.111. The smallest absolute Gasteiger partial charge is 0.248 e. The van der Waals surface area contributed by atoms with Crippen LogP contribution in [0.1, 0.15) is 15.9 Å². The summed E-state index contributed by atoms with van der Waals surface area (Å²) in [6, 6.07) is 15.3. The van der Waals surface area contributed by atoms with Gasteiger partial charge in [0, 0.05) is 41.7 Å². The fraction of sp³-hybridized carbons (Fsp3) is 0.172. The summed E-state index contributed by atoms with van der Waals surface area (Å²) >= 11 is 0. The maximum atomic E-state index is 12.7. The Hall–Kier alpha value is -4.92. The van der Waals surface area contributed by atoms with Crippen LogP contribution >= 0.6 is 0 Å². The summed E-state index contributed by atoms with van der Waals surface area (Å²) in [5, 5.41) is 5.84. The summed E-state index contributed by atoms with van der Waals surface area (Å²) in [7, 11) is 7.69. The topological polar surface area (TPSA) is 104 Å². The van der Waals surface area contributed by atoms with Crippen molar-refractivity contribution in [1.82, 2.24) is 0 Å². The molecular formula is C29H30N2O7. The second-order valence-electron chi connectivity index (χ2n) is 7.75. The first-order valence-electron chi connectivity index (χ1n) is 11.5. The molecule has 0 aliphatic rings. The Morgan fingerprint density at radius 2 is 1.32 bits per heavy atom. The Kier molecular flexibility index (Phi) is 9.76. The molecule has 1 amide bonds. The van der Waals surface area contributed by atoms with Gasteiger partial charge < -0.3 is 34.3 Å². The standard InChI is InChI=1S/C29H30N2O7/c1-34-21-9-6-19(7-10-21)25(32)14-15-30-24-16-20(8-12-26(24)36-3)31-29(33)13-11-23-27(37-4)17-22(35-2)18-28(23)38-5/h6-18,30H,1-5H3,(H,31,33)/b13-11+,15-14+. The molecule has 198 valence electrons. The molecule has 0 aromatic heterocycles. The first-order chi connectivity index (χ1) is 18.4. The molecule has 0 aliphatic heterocycles. The number of carbonyl (C=O) groups is 2. The van der Waals surface area contributed by atoms with E-state index in [0.29, 0.717) is 51.2 Å². The maximum absolute atomic E-state index is 12.7. The molecular weight excluding hydrogens is 488 g/mol. The van der Waals surface area contributed by atoms with Gasteiger partial charge in [0.25, 0.3) is 0 Å². The van der Waals surface area contributed by atoms with E-state index in [1.165, 1.54) is 39.7 Å². The van der Waals surface area contributed by atoms with Crippen LogP contribution in [-0.4, -0.2) is 47.2 Å². The SMILES string of the molecule is COc1ccc(C(=O)/C=C/Nc2cc(NC(=O)/C=C/c3c(OC)cc(OC)cc3OC)ccc2OC)cc1. The highest BCUT2D eigenvalue weighted by atomic mass is 16.5. The summed E-state index contributed by atoms with van der Waals surface area (Å²) in [5.41, 5.74) is 2.20. The zero-order chi connectivity index (χ0) is 27.5. The van der Waals surface area contributed by atoms with Gasteiger partial charge in [0.15, 0.2) is 5.78 Å². The fourth-order valence-electron chi connectivity index (χ4n) is 3.50. The third-order valence-corrected chi connectivity index (χ3v) is 5.47. The molecule has 3 rings (SSSR count). The monoisotopic (exact) mass is 518 g/mol. The van der Waals surface area contributed by atoms with Gasteiger partial charge in [-0.1, -0.05) is 0 Å². The Morgan fingerprint density at radius 1 is 0.684 bits per heavy atom. The van der Waals surface area contributed by atoms with Crippen LogP contribution in [0.5, 0.6) is 28.7 Å². The van der Waals surface area contributed by atoms with E-state index in [4.69, 9.17) is 23.7 Å². The third kappa shape index (κ3) is 7.07. The molecule has 0 unspecified atom stereocenters. The minimum atomic E-state index is -0.369. The summed E-state index contributed by atoms with van der Waals surface area (Å²) < 4.78 is 26.6. The van der Waals surface area contributed by atoms with Crippen molar-refractivity contribution in [2.24, 2.45) is 0 Å². The molecule has 0 aliphatic carbocycles. The number of ether oxygens (including phenoxy) is 5. The van der Waals surface area contributed by atoms with Crippen LogP contribution in [-0.2, 0) is 4.79 Å². The van der Waals surface area contributed by atoms with Crippen LogP contribution in [0.25, 0.3) is 6.08 Å². The van der Waals surface area contributed by atoms with Crippen LogP contribution in [0.15, 0.2) is 72.9 Å². The third-order valence-electron chi connectivity index (χ3n) is 5.47. The summed E-state index contributed by atoms with van der Waals surface area (Å²) in [4.78, 5) is 25.1. The van der Waals surface area contributed by atoms with Gasteiger partial charge in [-0.15, -0.1) is 0 Å². The largest absolute Gasteiger partial charge is 0.497 e. The van der Waals surface area contributed by atoms with Crippen molar-refractivity contribution >= 4 is 29.1 Å². The molecule has 0 atom stereocenters. The van der Waals surface area contributed by atoms with Crippen LogP contribution in [0.3, 0.4) is 0 Å². The number of methoxy groups -OCH3 is 5. The quantitative estimate of drug-likeness (QED) is 0.249. The normalized spacial score (nSPS) is 10.8. The van der Waals surface area contributed by atoms with Gasteiger partial charge in [-0.3, -0.25) is 9.59 Å². The number of hydrogen-bond acceptors (Lipinski definition) is 8. The molecule has 0 spiro atoms. The Morgan fingerprint density at radius 3 is 1.89 bits per heavy atom. The van der Waals surface area contributed by atoms with Crippen LogP contribution in [0.2, 0.25) is 0 Å². The van der Waals surface area contributed by atoms with E-state index in [0.717, 1.165) is 0 Å². The lowest BCUT2D eigenvalue weighted by atomic mass is 10.1. The van der Waals surface area contributed by atoms with Gasteiger partial charge in [-0.25, -0.2) is 0 Å². The van der Waals surface area contributed by atoms with Crippen molar-refractivity contribution in [2.45, 2.75) is 0 Å². The van der Waals surface area contributed by atoms with E-state index in [-0.39, 0.29) is 11.7 Å². The van der Waals surface area contributed by atoms with E-state index in [1.54, 1.807) is 74.9 Å². The van der Waals surface area contributed by atoms with Gasteiger partial charge in [-0.2, -0.15) is 0 Å². The predicted octanol–water partition coefficient (Wildman–Crippen LogP) is 5.19. The number of anilines is 2. The molecule has 0 fully saturated rings. The highest BCUT2D eigenvalue weighted by Crippen LogP contribution is 2.35. The number of amides is 1. The summed E-state index contributed by atoms with van der Waals surface area (Å²) in [6.45, 7) is 0. The van der Waals surface area contributed by atoms with Crippen molar-refractivity contribution < 1.29 is 33.3 Å². The highest BCUT2D eigenvalue weighted by molar-refractivity contribution is 6.05. The van der Waals surface area contributed by atoms with Gasteiger partial charge >= 0.3 is 0 Å². The van der Waals surface area contributed by atoms with Crippen molar-refractivity contribution in [1.29, 1.82) is 0 Å². The van der Waals surface area contributed by atoms with E-state index in [9.17, 15) is 9.59 Å². The number of hydrogen-bond donors (Lipinski definition) is 2. The van der Waals surface area contributed by atoms with Crippen LogP contribution in [0, 0.1) is 0 Å². The highest BCUT2D eigenvalue weighted by Gasteiger charge is 2.12. The molecule has 2 N–H and O–H groups in total. The molecule has 9 nitrogen and oxygen atoms in total. The minimum absolute atomic E-state index is 0.182. The van der Waals surface area contributed by atoms with Crippen LogP contribution < -0.4 is 34.3 Å². The Labute approximate surface area is 221 Å². The average molecular weight is 519 g/mol. The first kappa shape index (κ1) is 27.7. The molecule has 3 aromatic rings. The van der Waals surface area contributed by atoms with Crippen molar-refractivity contribution in [3.05, 3.63) is 84.1 Å². The van der Waals surface area contributed by atoms with Gasteiger partial charge in [0.1, 0.15) is 28.7 Å². The summed E-state index contributed by atoms with van der Waals surface area (Å²) in [5.74, 6) is 2.22. The molecule has 0 saturated heterocycles. The number of rotatable bonds is 12. The van der Waals surface area contributed by atoms with Gasteiger partial charge in [0.05, 0.1) is 46.8 Å². The van der Waals surface area contributed by atoms with Gasteiger partial charge in [0.2, 0.25) is 5.91 Å². The molecule has 0 radical (unpaired) electrons. The second-order valence-corrected chi connectivity index (χ2v) is 7.75. The van der Waals surface area contributed by atoms with Crippen molar-refractivity contribution in [3.8, 4) is 28.7 Å². The zero-order valence-corrected chi connectivity index (χ0v) is 21.9. The Bertz CT molecular complexity index is 1310. The van der Waals surface area contributed by atoms with E-state index in [2.05, 4.69) is 10.6 Å². The predicted molar refractivity (Wildman–Crippen MR) is 147 cm³/mol. The van der Waals surface area contributed by atoms with Gasteiger partial charge in [-0.05, 0) is 48.5 Å². The van der Waals surface area contributed by atoms with E-state index in [1.807, 2.05) is 0 Å². The average Bonchev–Trinajstić information content (AvgIpc) is 2.95.